The van der Waals surface area contributed by atoms with Gasteiger partial charge in [-0.25, -0.2) is 8.42 Å². The molecule has 3 aromatic carbocycles. The molecule has 9 nitrogen and oxygen atoms in total. The van der Waals surface area contributed by atoms with Gasteiger partial charge in [-0.3, -0.25) is 13.9 Å². The summed E-state index contributed by atoms with van der Waals surface area (Å²) in [5, 5.41) is 2.97. The van der Waals surface area contributed by atoms with E-state index >= 15 is 0 Å². The van der Waals surface area contributed by atoms with Crippen molar-refractivity contribution in [3.8, 4) is 11.5 Å². The summed E-state index contributed by atoms with van der Waals surface area (Å²) in [4.78, 5) is 29.2. The van der Waals surface area contributed by atoms with Crippen LogP contribution in [0.1, 0.15) is 25.0 Å². The van der Waals surface area contributed by atoms with Crippen LogP contribution in [-0.4, -0.2) is 64.7 Å². The highest BCUT2D eigenvalue weighted by molar-refractivity contribution is 7.92. The molecule has 220 valence electrons. The number of hydrogen-bond donors (Lipinski definition) is 1. The first kappa shape index (κ1) is 31.5. The maximum Gasteiger partial charge on any atom is 0.244 e. The molecule has 0 aliphatic heterocycles. The van der Waals surface area contributed by atoms with Gasteiger partial charge in [-0.05, 0) is 53.4 Å². The monoisotopic (exact) mass is 581 g/mol. The minimum Gasteiger partial charge on any atom is -0.497 e. The molecule has 0 unspecified atom stereocenters. The molecule has 0 bridgehead atoms. The van der Waals surface area contributed by atoms with Crippen LogP contribution < -0.4 is 19.1 Å². The normalized spacial score (nSPS) is 12.0. The molecule has 2 amide bonds. The van der Waals surface area contributed by atoms with Crippen molar-refractivity contribution in [2.75, 3.05) is 37.9 Å². The van der Waals surface area contributed by atoms with Gasteiger partial charge in [0.15, 0.2) is 0 Å². The lowest BCUT2D eigenvalue weighted by Crippen LogP contribution is -2.53. The summed E-state index contributed by atoms with van der Waals surface area (Å²) in [6.07, 6.45) is 1.30. The highest BCUT2D eigenvalue weighted by Gasteiger charge is 2.33. The fourth-order valence-electron chi connectivity index (χ4n) is 4.31. The second kappa shape index (κ2) is 14.5. The van der Waals surface area contributed by atoms with Crippen molar-refractivity contribution in [3.63, 3.8) is 0 Å². The molecule has 0 fully saturated rings. The molecule has 0 saturated heterocycles. The van der Waals surface area contributed by atoms with Crippen molar-refractivity contribution in [1.82, 2.24) is 10.2 Å². The molecule has 1 atom stereocenters. The Bertz CT molecular complexity index is 1390. The summed E-state index contributed by atoms with van der Waals surface area (Å²) in [5.74, 6) is 0.534. The predicted molar refractivity (Wildman–Crippen MR) is 161 cm³/mol. The number of carbonyl (C=O) groups excluding carboxylic acids is 2. The second-order valence-electron chi connectivity index (χ2n) is 10.2. The van der Waals surface area contributed by atoms with Crippen LogP contribution >= 0.6 is 0 Å². The lowest BCUT2D eigenvalue weighted by molar-refractivity contribution is -0.140. The number of sulfonamides is 1. The second-order valence-corrected chi connectivity index (χ2v) is 12.1. The van der Waals surface area contributed by atoms with Crippen LogP contribution in [0.4, 0.5) is 5.69 Å². The molecule has 0 saturated carbocycles. The van der Waals surface area contributed by atoms with Gasteiger partial charge in [-0.15, -0.1) is 0 Å². The van der Waals surface area contributed by atoms with Crippen molar-refractivity contribution >= 4 is 27.5 Å². The number of rotatable bonds is 14. The molecule has 3 aromatic rings. The summed E-state index contributed by atoms with van der Waals surface area (Å²) >= 11 is 0. The Kier molecular flexibility index (Phi) is 11.2. The number of amides is 2. The zero-order valence-corrected chi connectivity index (χ0v) is 25.1. The zero-order chi connectivity index (χ0) is 30.0. The van der Waals surface area contributed by atoms with Crippen molar-refractivity contribution in [2.45, 2.75) is 32.9 Å². The Morgan fingerprint density at radius 3 is 2.07 bits per heavy atom. The van der Waals surface area contributed by atoms with Crippen LogP contribution in [0.3, 0.4) is 0 Å². The molecule has 41 heavy (non-hydrogen) atoms. The van der Waals surface area contributed by atoms with Crippen molar-refractivity contribution in [2.24, 2.45) is 5.92 Å². The van der Waals surface area contributed by atoms with Gasteiger partial charge in [-0.2, -0.15) is 0 Å². The van der Waals surface area contributed by atoms with Gasteiger partial charge < -0.3 is 19.7 Å². The summed E-state index contributed by atoms with van der Waals surface area (Å²) in [5.41, 5.74) is 1.92. The highest BCUT2D eigenvalue weighted by Crippen LogP contribution is 2.23. The fourth-order valence-corrected chi connectivity index (χ4v) is 5.16. The molecule has 0 radical (unpaired) electrons. The third kappa shape index (κ3) is 9.24. The standard InChI is InChI=1S/C31H39N3O6S/c1-23(2)20-32-31(36)29(19-24-10-7-6-8-11-24)33(21-25-12-9-13-28(18-25)40-4)30(35)22-34(41(5,37)38)26-14-16-27(39-3)17-15-26/h6-18,23,29H,19-22H2,1-5H3,(H,32,36)/t29-/m1/s1. The van der Waals surface area contributed by atoms with Gasteiger partial charge in [0.2, 0.25) is 21.8 Å². The third-order valence-corrected chi connectivity index (χ3v) is 7.62. The van der Waals surface area contributed by atoms with Crippen molar-refractivity contribution in [3.05, 3.63) is 90.0 Å². The number of carbonyl (C=O) groups is 2. The maximum atomic E-state index is 14.1. The molecule has 10 heteroatoms. The molecule has 1 N–H and O–H groups in total. The lowest BCUT2D eigenvalue weighted by atomic mass is 10.0. The molecular formula is C31H39N3O6S. The number of ether oxygens (including phenoxy) is 2. The van der Waals surface area contributed by atoms with E-state index in [4.69, 9.17) is 9.47 Å². The molecule has 0 aromatic heterocycles. The number of nitrogens with one attached hydrogen (secondary N) is 1. The maximum absolute atomic E-state index is 14.1. The van der Waals surface area contributed by atoms with Crippen LogP contribution in [0.2, 0.25) is 0 Å². The van der Waals surface area contributed by atoms with Gasteiger partial charge in [0, 0.05) is 19.5 Å². The minimum absolute atomic E-state index is 0.0723. The average molecular weight is 582 g/mol. The Hall–Kier alpha value is -4.05. The smallest absolute Gasteiger partial charge is 0.244 e. The zero-order valence-electron chi connectivity index (χ0n) is 24.2. The van der Waals surface area contributed by atoms with Crippen molar-refractivity contribution < 1.29 is 27.5 Å². The SMILES string of the molecule is COc1ccc(N(CC(=O)N(Cc2cccc(OC)c2)[C@H](Cc2ccccc2)C(=O)NCC(C)C)S(C)(=O)=O)cc1. The number of methoxy groups -OCH3 is 2. The Morgan fingerprint density at radius 2 is 1.49 bits per heavy atom. The summed E-state index contributed by atoms with van der Waals surface area (Å²) in [6, 6.07) is 22.2. The molecule has 0 spiro atoms. The predicted octanol–water partition coefficient (Wildman–Crippen LogP) is 3.88. The number of anilines is 1. The highest BCUT2D eigenvalue weighted by atomic mass is 32.2. The summed E-state index contributed by atoms with van der Waals surface area (Å²) in [7, 11) is -0.783. The van der Waals surface area contributed by atoms with Crippen LogP contribution in [-0.2, 0) is 32.6 Å². The van der Waals surface area contributed by atoms with E-state index in [0.717, 1.165) is 21.7 Å². The third-order valence-electron chi connectivity index (χ3n) is 6.48. The lowest BCUT2D eigenvalue weighted by Gasteiger charge is -2.33. The molecular weight excluding hydrogens is 542 g/mol. The minimum atomic E-state index is -3.85. The van der Waals surface area contributed by atoms with Crippen LogP contribution in [0, 0.1) is 5.92 Å². The largest absolute Gasteiger partial charge is 0.497 e. The Balaban J connectivity index is 2.05. The van der Waals surface area contributed by atoms with Gasteiger partial charge in [0.05, 0.1) is 26.2 Å². The van der Waals surface area contributed by atoms with E-state index in [-0.39, 0.29) is 24.8 Å². The molecule has 0 heterocycles. The molecule has 0 aliphatic rings. The number of benzene rings is 3. The van der Waals surface area contributed by atoms with E-state index in [0.29, 0.717) is 23.7 Å². The first-order valence-corrected chi connectivity index (χ1v) is 15.2. The van der Waals surface area contributed by atoms with E-state index < -0.39 is 28.5 Å². The Labute approximate surface area is 243 Å². The number of nitrogens with zero attached hydrogens (tertiary/aromatic N) is 2. The van der Waals surface area contributed by atoms with Gasteiger partial charge in [-0.1, -0.05) is 56.3 Å². The Morgan fingerprint density at radius 1 is 0.854 bits per heavy atom. The van der Waals surface area contributed by atoms with Crippen molar-refractivity contribution in [1.29, 1.82) is 0 Å². The average Bonchev–Trinajstić information content (AvgIpc) is 2.96. The van der Waals surface area contributed by atoms with Crippen LogP contribution in [0.25, 0.3) is 0 Å². The molecule has 3 rings (SSSR count). The molecule has 0 aliphatic carbocycles. The van der Waals surface area contributed by atoms with Gasteiger partial charge >= 0.3 is 0 Å². The van der Waals surface area contributed by atoms with E-state index in [1.165, 1.54) is 12.0 Å². The fraction of sp³-hybridized carbons (Fsp3) is 0.355. The summed E-state index contributed by atoms with van der Waals surface area (Å²) in [6.45, 7) is 4.00. The van der Waals surface area contributed by atoms with Gasteiger partial charge in [0.1, 0.15) is 24.1 Å². The van der Waals surface area contributed by atoms with Crippen LogP contribution in [0.15, 0.2) is 78.9 Å². The first-order valence-electron chi connectivity index (χ1n) is 13.4. The van der Waals surface area contributed by atoms with E-state index in [1.54, 1.807) is 43.5 Å². The quantitative estimate of drug-likeness (QED) is 0.310. The number of hydrogen-bond acceptors (Lipinski definition) is 6. The topological polar surface area (TPSA) is 105 Å². The van der Waals surface area contributed by atoms with E-state index in [1.807, 2.05) is 56.3 Å². The van der Waals surface area contributed by atoms with E-state index in [9.17, 15) is 18.0 Å². The first-order chi connectivity index (χ1) is 19.5. The van der Waals surface area contributed by atoms with Crippen LogP contribution in [0.5, 0.6) is 11.5 Å². The van der Waals surface area contributed by atoms with Gasteiger partial charge in [0.25, 0.3) is 0 Å². The van der Waals surface area contributed by atoms with E-state index in [2.05, 4.69) is 5.32 Å². The summed E-state index contributed by atoms with van der Waals surface area (Å²) < 4.78 is 37.4.